The predicted octanol–water partition coefficient (Wildman–Crippen LogP) is 3.25. The van der Waals surface area contributed by atoms with Gasteiger partial charge in [0, 0.05) is 18.2 Å². The molecule has 0 saturated heterocycles. The summed E-state index contributed by atoms with van der Waals surface area (Å²) in [6, 6.07) is 9.15. The second kappa shape index (κ2) is 6.88. The maximum Gasteiger partial charge on any atom is 0.133 e. The van der Waals surface area contributed by atoms with Crippen LogP contribution in [0.4, 0.5) is 5.82 Å². The fraction of sp³-hybridized carbons (Fsp3) is 0.444. The van der Waals surface area contributed by atoms with Gasteiger partial charge in [0.1, 0.15) is 12.1 Å². The zero-order chi connectivity index (χ0) is 15.4. The van der Waals surface area contributed by atoms with Gasteiger partial charge in [0.15, 0.2) is 0 Å². The van der Waals surface area contributed by atoms with Crippen molar-refractivity contribution in [2.24, 2.45) is 0 Å². The quantitative estimate of drug-likeness (QED) is 0.889. The Hall–Kier alpha value is -1.94. The van der Waals surface area contributed by atoms with Gasteiger partial charge < -0.3 is 10.6 Å². The first-order valence-corrected chi connectivity index (χ1v) is 8.16. The molecule has 4 heteroatoms. The van der Waals surface area contributed by atoms with E-state index in [0.717, 1.165) is 37.4 Å². The molecule has 4 nitrogen and oxygen atoms in total. The third-order valence-electron chi connectivity index (χ3n) is 4.25. The molecule has 1 aliphatic rings. The van der Waals surface area contributed by atoms with Crippen LogP contribution in [0.2, 0.25) is 0 Å². The first kappa shape index (κ1) is 15.0. The van der Waals surface area contributed by atoms with Crippen molar-refractivity contribution in [2.75, 3.05) is 11.9 Å². The summed E-state index contributed by atoms with van der Waals surface area (Å²) in [5.41, 5.74) is 5.08. The maximum atomic E-state index is 4.45. The summed E-state index contributed by atoms with van der Waals surface area (Å²) in [7, 11) is 0. The molecule has 0 fully saturated rings. The molecule has 0 saturated carbocycles. The van der Waals surface area contributed by atoms with Crippen molar-refractivity contribution in [1.29, 1.82) is 0 Å². The topological polar surface area (TPSA) is 49.8 Å². The van der Waals surface area contributed by atoms with E-state index in [4.69, 9.17) is 0 Å². The van der Waals surface area contributed by atoms with Gasteiger partial charge in [-0.25, -0.2) is 9.97 Å². The second-order valence-electron chi connectivity index (χ2n) is 5.93. The van der Waals surface area contributed by atoms with Gasteiger partial charge in [-0.15, -0.1) is 0 Å². The van der Waals surface area contributed by atoms with Gasteiger partial charge in [-0.3, -0.25) is 0 Å². The van der Waals surface area contributed by atoms with Crippen molar-refractivity contribution in [3.05, 3.63) is 53.0 Å². The summed E-state index contributed by atoms with van der Waals surface area (Å²) in [5.74, 6) is 0.983. The molecule has 1 aromatic carbocycles. The Morgan fingerprint density at radius 3 is 2.82 bits per heavy atom. The number of aryl methyl sites for hydroxylation is 1. The number of aromatic nitrogens is 2. The Labute approximate surface area is 132 Å². The maximum absolute atomic E-state index is 4.45. The number of hydrogen-bond acceptors (Lipinski definition) is 4. The van der Waals surface area contributed by atoms with E-state index in [9.17, 15) is 0 Å². The van der Waals surface area contributed by atoms with E-state index in [1.54, 1.807) is 6.33 Å². The molecule has 1 aliphatic heterocycles. The first-order chi connectivity index (χ1) is 10.8. The molecule has 1 aromatic heterocycles. The number of nitrogens with one attached hydrogen (secondary N) is 2. The van der Waals surface area contributed by atoms with E-state index in [0.29, 0.717) is 0 Å². The molecular weight excluding hydrogens is 272 g/mol. The Morgan fingerprint density at radius 1 is 1.23 bits per heavy atom. The molecule has 116 valence electrons. The lowest BCUT2D eigenvalue weighted by molar-refractivity contribution is 0.623. The Bertz CT molecular complexity index is 621. The average Bonchev–Trinajstić information content (AvgIpc) is 2.56. The van der Waals surface area contributed by atoms with E-state index in [1.807, 2.05) is 0 Å². The molecule has 2 heterocycles. The smallest absolute Gasteiger partial charge is 0.133 e. The minimum absolute atomic E-state index is 0.240. The largest absolute Gasteiger partial charge is 0.363 e. The van der Waals surface area contributed by atoms with Gasteiger partial charge in [-0.1, -0.05) is 37.6 Å². The molecule has 0 unspecified atom stereocenters. The van der Waals surface area contributed by atoms with E-state index in [2.05, 4.69) is 58.7 Å². The monoisotopic (exact) mass is 296 g/mol. The van der Waals surface area contributed by atoms with E-state index in [1.165, 1.54) is 23.1 Å². The Balaban J connectivity index is 1.75. The van der Waals surface area contributed by atoms with E-state index in [-0.39, 0.29) is 6.04 Å². The summed E-state index contributed by atoms with van der Waals surface area (Å²) < 4.78 is 0. The third-order valence-corrected chi connectivity index (χ3v) is 4.25. The van der Waals surface area contributed by atoms with Gasteiger partial charge in [0.05, 0.1) is 5.69 Å². The Morgan fingerprint density at radius 2 is 2.05 bits per heavy atom. The van der Waals surface area contributed by atoms with Crippen molar-refractivity contribution in [1.82, 2.24) is 15.3 Å². The molecule has 0 spiro atoms. The summed E-state index contributed by atoms with van der Waals surface area (Å²) in [5, 5.41) is 6.91. The third kappa shape index (κ3) is 3.28. The standard InChI is InChI=1S/C18H24N4/c1-3-4-14-5-7-15(8-6-14)13(2)22-18-16-9-10-19-11-17(16)20-12-21-18/h5-8,12-13,19H,3-4,9-11H2,1-2H3,(H,20,21,22)/t13-/m0/s1. The highest BCUT2D eigenvalue weighted by Crippen LogP contribution is 2.24. The van der Waals surface area contributed by atoms with Crippen molar-refractivity contribution in [3.8, 4) is 0 Å². The number of rotatable bonds is 5. The minimum atomic E-state index is 0.240. The highest BCUT2D eigenvalue weighted by atomic mass is 15.1. The zero-order valence-electron chi connectivity index (χ0n) is 13.4. The molecule has 2 N–H and O–H groups in total. The van der Waals surface area contributed by atoms with Crippen molar-refractivity contribution in [2.45, 2.75) is 45.7 Å². The summed E-state index contributed by atoms with van der Waals surface area (Å²) in [6.45, 7) is 6.23. The number of anilines is 1. The van der Waals surface area contributed by atoms with Crippen LogP contribution in [-0.2, 0) is 19.4 Å². The molecule has 1 atom stereocenters. The lowest BCUT2D eigenvalue weighted by Crippen LogP contribution is -2.26. The van der Waals surface area contributed by atoms with Crippen LogP contribution in [0.25, 0.3) is 0 Å². The van der Waals surface area contributed by atoms with Crippen LogP contribution >= 0.6 is 0 Å². The molecule has 22 heavy (non-hydrogen) atoms. The van der Waals surface area contributed by atoms with Gasteiger partial charge in [-0.2, -0.15) is 0 Å². The highest BCUT2D eigenvalue weighted by Gasteiger charge is 2.16. The lowest BCUT2D eigenvalue weighted by atomic mass is 10.0. The SMILES string of the molecule is CCCc1ccc([C@H](C)Nc2ncnc3c2CCNC3)cc1. The van der Waals surface area contributed by atoms with E-state index >= 15 is 0 Å². The van der Waals surface area contributed by atoms with Crippen molar-refractivity contribution >= 4 is 5.82 Å². The Kier molecular flexibility index (Phi) is 4.68. The molecule has 0 bridgehead atoms. The van der Waals surface area contributed by atoms with Crippen LogP contribution in [0.1, 0.15) is 48.7 Å². The fourth-order valence-electron chi connectivity index (χ4n) is 2.96. The number of nitrogens with zero attached hydrogens (tertiary/aromatic N) is 2. The molecule has 2 aromatic rings. The molecule has 0 radical (unpaired) electrons. The van der Waals surface area contributed by atoms with Crippen LogP contribution in [-0.4, -0.2) is 16.5 Å². The summed E-state index contributed by atoms with van der Waals surface area (Å²) in [6.07, 6.45) is 4.98. The number of benzene rings is 1. The van der Waals surface area contributed by atoms with Gasteiger partial charge in [-0.05, 0) is 37.4 Å². The van der Waals surface area contributed by atoms with E-state index < -0.39 is 0 Å². The van der Waals surface area contributed by atoms with Gasteiger partial charge in [0.2, 0.25) is 0 Å². The van der Waals surface area contributed by atoms with Gasteiger partial charge >= 0.3 is 0 Å². The second-order valence-corrected chi connectivity index (χ2v) is 5.93. The number of hydrogen-bond donors (Lipinski definition) is 2. The first-order valence-electron chi connectivity index (χ1n) is 8.16. The number of fused-ring (bicyclic) bond motifs is 1. The van der Waals surface area contributed by atoms with Crippen LogP contribution < -0.4 is 10.6 Å². The van der Waals surface area contributed by atoms with Crippen molar-refractivity contribution < 1.29 is 0 Å². The molecule has 0 amide bonds. The van der Waals surface area contributed by atoms with Crippen molar-refractivity contribution in [3.63, 3.8) is 0 Å². The zero-order valence-corrected chi connectivity index (χ0v) is 13.4. The predicted molar refractivity (Wildman–Crippen MR) is 89.9 cm³/mol. The molecule has 3 rings (SSSR count). The summed E-state index contributed by atoms with van der Waals surface area (Å²) >= 11 is 0. The van der Waals surface area contributed by atoms with Crippen LogP contribution in [0, 0.1) is 0 Å². The van der Waals surface area contributed by atoms with Gasteiger partial charge in [0.25, 0.3) is 0 Å². The molecular formula is C18H24N4. The normalized spacial score (nSPS) is 15.2. The van der Waals surface area contributed by atoms with Crippen LogP contribution in [0.15, 0.2) is 30.6 Å². The minimum Gasteiger partial charge on any atom is -0.363 e. The highest BCUT2D eigenvalue weighted by molar-refractivity contribution is 5.48. The fourth-order valence-corrected chi connectivity index (χ4v) is 2.96. The van der Waals surface area contributed by atoms with Crippen LogP contribution in [0.5, 0.6) is 0 Å². The van der Waals surface area contributed by atoms with Crippen LogP contribution in [0.3, 0.4) is 0 Å². The summed E-state index contributed by atoms with van der Waals surface area (Å²) in [4.78, 5) is 8.83. The molecule has 0 aliphatic carbocycles. The lowest BCUT2D eigenvalue weighted by Gasteiger charge is -2.22. The average molecular weight is 296 g/mol.